The highest BCUT2D eigenvalue weighted by Gasteiger charge is 2.22. The number of hydrogen-bond donors (Lipinski definition) is 1. The van der Waals surface area contributed by atoms with E-state index < -0.39 is 0 Å². The molecule has 2 nitrogen and oxygen atoms in total. The van der Waals surface area contributed by atoms with Gasteiger partial charge in [0, 0.05) is 17.3 Å². The molecule has 0 aliphatic heterocycles. The lowest BCUT2D eigenvalue weighted by Gasteiger charge is -2.23. The zero-order valence-electron chi connectivity index (χ0n) is 12.0. The molecule has 0 spiro atoms. The minimum atomic E-state index is 0.554. The molecule has 100 valence electrons. The second-order valence-corrected chi connectivity index (χ2v) is 5.57. The Morgan fingerprint density at radius 3 is 2.50 bits per heavy atom. The topological polar surface area (TPSA) is 21.3 Å². The van der Waals surface area contributed by atoms with E-state index in [0.29, 0.717) is 6.04 Å². The highest BCUT2D eigenvalue weighted by molar-refractivity contribution is 5.60. The van der Waals surface area contributed by atoms with Crippen molar-refractivity contribution < 1.29 is 4.74 Å². The molecular weight excluding hydrogens is 222 g/mol. The Hall–Kier alpha value is -1.18. The van der Waals surface area contributed by atoms with E-state index in [9.17, 15) is 0 Å². The Balaban J connectivity index is 2.13. The molecule has 0 radical (unpaired) electrons. The van der Waals surface area contributed by atoms with Crippen LogP contribution in [0.25, 0.3) is 0 Å². The number of hydrogen-bond acceptors (Lipinski definition) is 2. The second-order valence-electron chi connectivity index (χ2n) is 5.57. The third-order valence-corrected chi connectivity index (χ3v) is 4.30. The van der Waals surface area contributed by atoms with E-state index in [-0.39, 0.29) is 0 Å². The van der Waals surface area contributed by atoms with Gasteiger partial charge in [-0.3, -0.25) is 0 Å². The zero-order valence-corrected chi connectivity index (χ0v) is 12.0. The molecule has 1 atom stereocenters. The van der Waals surface area contributed by atoms with Gasteiger partial charge in [0.05, 0.1) is 7.11 Å². The number of anilines is 1. The first-order chi connectivity index (χ1) is 8.63. The number of methoxy groups -OCH3 is 1. The normalized spacial score (nSPS) is 17.8. The van der Waals surface area contributed by atoms with Crippen LogP contribution >= 0.6 is 0 Å². The summed E-state index contributed by atoms with van der Waals surface area (Å²) in [7, 11) is 1.75. The van der Waals surface area contributed by atoms with Gasteiger partial charge in [-0.2, -0.15) is 0 Å². The fourth-order valence-electron chi connectivity index (χ4n) is 3.12. The molecule has 1 aromatic rings. The SMILES string of the molecule is COc1c(C)ccc(NC(C)C2CCCC2)c1C. The van der Waals surface area contributed by atoms with Crippen molar-refractivity contribution in [1.82, 2.24) is 0 Å². The number of aryl methyl sites for hydroxylation is 1. The molecule has 1 N–H and O–H groups in total. The Morgan fingerprint density at radius 1 is 1.22 bits per heavy atom. The van der Waals surface area contributed by atoms with Gasteiger partial charge in [-0.1, -0.05) is 18.9 Å². The van der Waals surface area contributed by atoms with Crippen LogP contribution in [-0.2, 0) is 0 Å². The molecule has 1 aromatic carbocycles. The molecule has 18 heavy (non-hydrogen) atoms. The summed E-state index contributed by atoms with van der Waals surface area (Å²) in [4.78, 5) is 0. The highest BCUT2D eigenvalue weighted by Crippen LogP contribution is 2.33. The molecule has 1 fully saturated rings. The van der Waals surface area contributed by atoms with E-state index in [1.165, 1.54) is 42.5 Å². The first kappa shape index (κ1) is 13.3. The van der Waals surface area contributed by atoms with Crippen LogP contribution in [0.4, 0.5) is 5.69 Å². The van der Waals surface area contributed by atoms with Crippen LogP contribution < -0.4 is 10.1 Å². The summed E-state index contributed by atoms with van der Waals surface area (Å²) in [6, 6.07) is 4.87. The lowest BCUT2D eigenvalue weighted by molar-refractivity contribution is 0.408. The average Bonchev–Trinajstić information content (AvgIpc) is 2.87. The highest BCUT2D eigenvalue weighted by atomic mass is 16.5. The summed E-state index contributed by atoms with van der Waals surface area (Å²) in [6.07, 6.45) is 5.53. The van der Waals surface area contributed by atoms with Gasteiger partial charge in [-0.15, -0.1) is 0 Å². The van der Waals surface area contributed by atoms with Crippen molar-refractivity contribution in [3.63, 3.8) is 0 Å². The lowest BCUT2D eigenvalue weighted by atomic mass is 9.98. The fraction of sp³-hybridized carbons (Fsp3) is 0.625. The van der Waals surface area contributed by atoms with E-state index in [2.05, 4.69) is 38.2 Å². The van der Waals surface area contributed by atoms with Gasteiger partial charge in [-0.25, -0.2) is 0 Å². The Labute approximate surface area is 111 Å². The molecule has 2 heteroatoms. The van der Waals surface area contributed by atoms with Gasteiger partial charge >= 0.3 is 0 Å². The van der Waals surface area contributed by atoms with Crippen LogP contribution in [0.1, 0.15) is 43.7 Å². The van der Waals surface area contributed by atoms with E-state index in [1.54, 1.807) is 7.11 Å². The molecule has 1 aliphatic rings. The van der Waals surface area contributed by atoms with Crippen LogP contribution in [0.3, 0.4) is 0 Å². The average molecular weight is 247 g/mol. The summed E-state index contributed by atoms with van der Waals surface area (Å²) < 4.78 is 5.48. The van der Waals surface area contributed by atoms with Crippen LogP contribution in [0.15, 0.2) is 12.1 Å². The lowest BCUT2D eigenvalue weighted by Crippen LogP contribution is -2.24. The third kappa shape index (κ3) is 2.63. The largest absolute Gasteiger partial charge is 0.496 e. The quantitative estimate of drug-likeness (QED) is 0.856. The predicted molar refractivity (Wildman–Crippen MR) is 77.5 cm³/mol. The van der Waals surface area contributed by atoms with Crippen LogP contribution in [-0.4, -0.2) is 13.2 Å². The van der Waals surface area contributed by atoms with E-state index in [1.807, 2.05) is 0 Å². The Kier molecular flexibility index (Phi) is 4.15. The second kappa shape index (κ2) is 5.64. The minimum Gasteiger partial charge on any atom is -0.496 e. The predicted octanol–water partition coefficient (Wildman–Crippen LogP) is 4.30. The maximum Gasteiger partial charge on any atom is 0.126 e. The summed E-state index contributed by atoms with van der Waals surface area (Å²) in [5.74, 6) is 1.84. The van der Waals surface area contributed by atoms with Crippen LogP contribution in [0.2, 0.25) is 0 Å². The summed E-state index contributed by atoms with van der Waals surface area (Å²) >= 11 is 0. The van der Waals surface area contributed by atoms with Gasteiger partial charge in [0.1, 0.15) is 5.75 Å². The first-order valence-corrected chi connectivity index (χ1v) is 7.04. The van der Waals surface area contributed by atoms with Gasteiger partial charge in [0.15, 0.2) is 0 Å². The molecule has 0 amide bonds. The van der Waals surface area contributed by atoms with Crippen molar-refractivity contribution in [3.05, 3.63) is 23.3 Å². The molecule has 0 bridgehead atoms. The molecule has 0 aromatic heterocycles. The molecule has 1 aliphatic carbocycles. The number of ether oxygens (including phenoxy) is 1. The van der Waals surface area contributed by atoms with Gasteiger partial charge < -0.3 is 10.1 Å². The van der Waals surface area contributed by atoms with E-state index in [4.69, 9.17) is 4.74 Å². The summed E-state index contributed by atoms with van der Waals surface area (Å²) in [5, 5.41) is 3.67. The first-order valence-electron chi connectivity index (χ1n) is 7.04. The van der Waals surface area contributed by atoms with Gasteiger partial charge in [0.2, 0.25) is 0 Å². The van der Waals surface area contributed by atoms with Gasteiger partial charge in [0.25, 0.3) is 0 Å². The van der Waals surface area contributed by atoms with Gasteiger partial charge in [-0.05, 0) is 51.2 Å². The van der Waals surface area contributed by atoms with Crippen LogP contribution in [0.5, 0.6) is 5.75 Å². The van der Waals surface area contributed by atoms with Crippen molar-refractivity contribution in [2.45, 2.75) is 52.5 Å². The fourth-order valence-corrected chi connectivity index (χ4v) is 3.12. The molecule has 2 rings (SSSR count). The van der Waals surface area contributed by atoms with E-state index in [0.717, 1.165) is 11.7 Å². The van der Waals surface area contributed by atoms with Crippen LogP contribution in [0, 0.1) is 19.8 Å². The maximum atomic E-state index is 5.48. The van der Waals surface area contributed by atoms with Crippen molar-refractivity contribution in [2.75, 3.05) is 12.4 Å². The Morgan fingerprint density at radius 2 is 1.89 bits per heavy atom. The van der Waals surface area contributed by atoms with Crippen molar-refractivity contribution in [3.8, 4) is 5.75 Å². The number of benzene rings is 1. The molecule has 1 unspecified atom stereocenters. The van der Waals surface area contributed by atoms with Crippen molar-refractivity contribution in [1.29, 1.82) is 0 Å². The Bertz CT molecular complexity index is 408. The molecular formula is C16H25NO. The van der Waals surface area contributed by atoms with E-state index >= 15 is 0 Å². The number of nitrogens with one attached hydrogen (secondary N) is 1. The van der Waals surface area contributed by atoms with Crippen molar-refractivity contribution in [2.24, 2.45) is 5.92 Å². The monoisotopic (exact) mass is 247 g/mol. The molecule has 1 saturated carbocycles. The summed E-state index contributed by atoms with van der Waals surface area (Å²) in [6.45, 7) is 6.54. The van der Waals surface area contributed by atoms with Crippen molar-refractivity contribution >= 4 is 5.69 Å². The third-order valence-electron chi connectivity index (χ3n) is 4.30. The maximum absolute atomic E-state index is 5.48. The number of rotatable bonds is 4. The standard InChI is InChI=1S/C16H25NO/c1-11-9-10-15(12(2)16(11)18-4)17-13(3)14-7-5-6-8-14/h9-10,13-14,17H,5-8H2,1-4H3. The molecule has 0 heterocycles. The minimum absolute atomic E-state index is 0.554. The summed E-state index contributed by atoms with van der Waals surface area (Å²) in [5.41, 5.74) is 3.65. The molecule has 0 saturated heterocycles. The smallest absolute Gasteiger partial charge is 0.126 e. The zero-order chi connectivity index (χ0) is 13.1.